The first-order chi connectivity index (χ1) is 9.96. The SMILES string of the molecule is CCCN(C1CCCNC1)S(=O)(=O)c1ccc(C)c(F)c1. The van der Waals surface area contributed by atoms with E-state index >= 15 is 0 Å². The Bertz CT molecular complexity index is 583. The molecule has 0 bridgehead atoms. The van der Waals surface area contributed by atoms with E-state index in [0.717, 1.165) is 31.9 Å². The zero-order valence-electron chi connectivity index (χ0n) is 12.6. The van der Waals surface area contributed by atoms with Crippen molar-refractivity contribution in [3.05, 3.63) is 29.6 Å². The van der Waals surface area contributed by atoms with Crippen LogP contribution in [-0.4, -0.2) is 38.4 Å². The minimum absolute atomic E-state index is 0.0459. The Balaban J connectivity index is 2.34. The van der Waals surface area contributed by atoms with Gasteiger partial charge in [-0.15, -0.1) is 0 Å². The molecule has 1 aromatic rings. The lowest BCUT2D eigenvalue weighted by molar-refractivity contribution is 0.266. The zero-order valence-corrected chi connectivity index (χ0v) is 13.4. The van der Waals surface area contributed by atoms with E-state index in [1.165, 1.54) is 16.4 Å². The van der Waals surface area contributed by atoms with Crippen LogP contribution in [0.15, 0.2) is 23.1 Å². The van der Waals surface area contributed by atoms with Gasteiger partial charge in [0, 0.05) is 19.1 Å². The van der Waals surface area contributed by atoms with Crippen LogP contribution in [0.1, 0.15) is 31.7 Å². The molecule has 0 radical (unpaired) electrons. The van der Waals surface area contributed by atoms with Gasteiger partial charge in [-0.05, 0) is 50.4 Å². The summed E-state index contributed by atoms with van der Waals surface area (Å²) in [5.74, 6) is -0.478. The third-order valence-corrected chi connectivity index (χ3v) is 5.82. The molecule has 0 amide bonds. The van der Waals surface area contributed by atoms with Gasteiger partial charge in [-0.2, -0.15) is 4.31 Å². The largest absolute Gasteiger partial charge is 0.315 e. The Labute approximate surface area is 126 Å². The quantitative estimate of drug-likeness (QED) is 0.907. The Morgan fingerprint density at radius 1 is 1.43 bits per heavy atom. The van der Waals surface area contributed by atoms with Crippen LogP contribution in [0.3, 0.4) is 0 Å². The molecule has 2 rings (SSSR count). The highest BCUT2D eigenvalue weighted by molar-refractivity contribution is 7.89. The maximum atomic E-state index is 13.7. The summed E-state index contributed by atoms with van der Waals surface area (Å²) >= 11 is 0. The number of rotatable bonds is 5. The fraction of sp³-hybridized carbons (Fsp3) is 0.600. The molecule has 1 heterocycles. The summed E-state index contributed by atoms with van der Waals surface area (Å²) in [5, 5.41) is 3.24. The molecule has 6 heteroatoms. The molecule has 0 aliphatic carbocycles. The Hall–Kier alpha value is -0.980. The van der Waals surface area contributed by atoms with Gasteiger partial charge in [-0.3, -0.25) is 0 Å². The van der Waals surface area contributed by atoms with E-state index in [1.807, 2.05) is 6.92 Å². The van der Waals surface area contributed by atoms with E-state index in [9.17, 15) is 12.8 Å². The molecular formula is C15H23FN2O2S. The van der Waals surface area contributed by atoms with Crippen LogP contribution in [0.2, 0.25) is 0 Å². The predicted molar refractivity (Wildman–Crippen MR) is 81.2 cm³/mol. The van der Waals surface area contributed by atoms with Crippen LogP contribution in [0.4, 0.5) is 4.39 Å². The van der Waals surface area contributed by atoms with Gasteiger partial charge in [0.2, 0.25) is 10.0 Å². The van der Waals surface area contributed by atoms with Gasteiger partial charge < -0.3 is 5.32 Å². The van der Waals surface area contributed by atoms with Gasteiger partial charge in [-0.1, -0.05) is 13.0 Å². The van der Waals surface area contributed by atoms with Gasteiger partial charge in [-0.25, -0.2) is 12.8 Å². The van der Waals surface area contributed by atoms with Crippen LogP contribution < -0.4 is 5.32 Å². The van der Waals surface area contributed by atoms with Crippen molar-refractivity contribution in [3.8, 4) is 0 Å². The molecule has 0 spiro atoms. The minimum Gasteiger partial charge on any atom is -0.315 e. The lowest BCUT2D eigenvalue weighted by atomic mass is 10.1. The maximum Gasteiger partial charge on any atom is 0.243 e. The molecule has 1 aromatic carbocycles. The summed E-state index contributed by atoms with van der Waals surface area (Å²) in [6.45, 7) is 5.63. The summed E-state index contributed by atoms with van der Waals surface area (Å²) in [4.78, 5) is 0.0459. The molecule has 1 unspecified atom stereocenters. The van der Waals surface area contributed by atoms with Crippen LogP contribution in [0.25, 0.3) is 0 Å². The summed E-state index contributed by atoms with van der Waals surface area (Å²) in [7, 11) is -3.65. The predicted octanol–water partition coefficient (Wildman–Crippen LogP) is 2.29. The third kappa shape index (κ3) is 3.62. The summed E-state index contributed by atoms with van der Waals surface area (Å²) in [6, 6.07) is 4.09. The second-order valence-corrected chi connectivity index (χ2v) is 7.42. The van der Waals surface area contributed by atoms with Crippen molar-refractivity contribution in [1.29, 1.82) is 0 Å². The lowest BCUT2D eigenvalue weighted by Crippen LogP contribution is -2.48. The number of benzene rings is 1. The van der Waals surface area contributed by atoms with E-state index in [1.54, 1.807) is 6.92 Å². The minimum atomic E-state index is -3.65. The molecular weight excluding hydrogens is 291 g/mol. The summed E-state index contributed by atoms with van der Waals surface area (Å²) in [6.07, 6.45) is 2.55. The number of piperidine rings is 1. The molecule has 1 aliphatic rings. The van der Waals surface area contributed by atoms with Gasteiger partial charge >= 0.3 is 0 Å². The number of nitrogens with one attached hydrogen (secondary N) is 1. The van der Waals surface area contributed by atoms with E-state index in [4.69, 9.17) is 0 Å². The van der Waals surface area contributed by atoms with E-state index in [0.29, 0.717) is 18.7 Å². The van der Waals surface area contributed by atoms with Crippen LogP contribution in [-0.2, 0) is 10.0 Å². The number of hydrogen-bond acceptors (Lipinski definition) is 3. The smallest absolute Gasteiger partial charge is 0.243 e. The highest BCUT2D eigenvalue weighted by atomic mass is 32.2. The van der Waals surface area contributed by atoms with Gasteiger partial charge in [0.1, 0.15) is 5.82 Å². The van der Waals surface area contributed by atoms with Crippen molar-refractivity contribution >= 4 is 10.0 Å². The van der Waals surface area contributed by atoms with Crippen LogP contribution in [0.5, 0.6) is 0 Å². The van der Waals surface area contributed by atoms with Crippen molar-refractivity contribution < 1.29 is 12.8 Å². The first-order valence-electron chi connectivity index (χ1n) is 7.45. The molecule has 0 aromatic heterocycles. The Morgan fingerprint density at radius 2 is 2.19 bits per heavy atom. The van der Waals surface area contributed by atoms with Crippen molar-refractivity contribution in [2.45, 2.75) is 44.0 Å². The second kappa shape index (κ2) is 6.85. The van der Waals surface area contributed by atoms with Gasteiger partial charge in [0.05, 0.1) is 4.90 Å². The van der Waals surface area contributed by atoms with E-state index in [-0.39, 0.29) is 10.9 Å². The molecule has 1 atom stereocenters. The average molecular weight is 314 g/mol. The number of nitrogens with zero attached hydrogens (tertiary/aromatic N) is 1. The number of aryl methyl sites for hydroxylation is 1. The van der Waals surface area contributed by atoms with Crippen LogP contribution in [0, 0.1) is 12.7 Å². The normalized spacial score (nSPS) is 19.9. The van der Waals surface area contributed by atoms with E-state index < -0.39 is 15.8 Å². The Morgan fingerprint density at radius 3 is 2.76 bits per heavy atom. The summed E-state index contributed by atoms with van der Waals surface area (Å²) < 4.78 is 40.9. The molecule has 1 aliphatic heterocycles. The van der Waals surface area contributed by atoms with Crippen LogP contribution >= 0.6 is 0 Å². The second-order valence-electron chi connectivity index (χ2n) is 5.53. The van der Waals surface area contributed by atoms with Crippen molar-refractivity contribution in [2.75, 3.05) is 19.6 Å². The molecule has 0 saturated carbocycles. The van der Waals surface area contributed by atoms with Crippen molar-refractivity contribution in [3.63, 3.8) is 0 Å². The van der Waals surface area contributed by atoms with E-state index in [2.05, 4.69) is 5.32 Å². The number of sulfonamides is 1. The monoisotopic (exact) mass is 314 g/mol. The third-order valence-electron chi connectivity index (χ3n) is 3.87. The molecule has 21 heavy (non-hydrogen) atoms. The fourth-order valence-corrected chi connectivity index (χ4v) is 4.43. The fourth-order valence-electron chi connectivity index (χ4n) is 2.67. The number of hydrogen-bond donors (Lipinski definition) is 1. The molecule has 118 valence electrons. The zero-order chi connectivity index (χ0) is 15.5. The molecule has 1 N–H and O–H groups in total. The Kier molecular flexibility index (Phi) is 5.35. The standard InChI is InChI=1S/C15H23FN2O2S/c1-3-9-18(13-5-4-8-17-11-13)21(19,20)14-7-6-12(2)15(16)10-14/h6-7,10,13,17H,3-5,8-9,11H2,1-2H3. The highest BCUT2D eigenvalue weighted by Gasteiger charge is 2.31. The topological polar surface area (TPSA) is 49.4 Å². The first-order valence-corrected chi connectivity index (χ1v) is 8.89. The van der Waals surface area contributed by atoms with Crippen molar-refractivity contribution in [1.82, 2.24) is 9.62 Å². The van der Waals surface area contributed by atoms with Gasteiger partial charge in [0.15, 0.2) is 0 Å². The average Bonchev–Trinajstić information content (AvgIpc) is 2.48. The van der Waals surface area contributed by atoms with Gasteiger partial charge in [0.25, 0.3) is 0 Å². The molecule has 4 nitrogen and oxygen atoms in total. The molecule has 1 saturated heterocycles. The highest BCUT2D eigenvalue weighted by Crippen LogP contribution is 2.23. The number of halogens is 1. The molecule has 1 fully saturated rings. The maximum absolute atomic E-state index is 13.7. The summed E-state index contributed by atoms with van der Waals surface area (Å²) in [5.41, 5.74) is 0.454. The lowest BCUT2D eigenvalue weighted by Gasteiger charge is -2.33. The van der Waals surface area contributed by atoms with Crippen molar-refractivity contribution in [2.24, 2.45) is 0 Å². The first kappa shape index (κ1) is 16.4.